The lowest BCUT2D eigenvalue weighted by Crippen LogP contribution is -2.34. The Kier molecular flexibility index (Phi) is 5.19. The van der Waals surface area contributed by atoms with Gasteiger partial charge in [-0.3, -0.25) is 9.97 Å². The molecule has 0 fully saturated rings. The third-order valence-electron chi connectivity index (χ3n) is 2.60. The second-order valence-electron chi connectivity index (χ2n) is 4.17. The molecule has 0 bridgehead atoms. The van der Waals surface area contributed by atoms with E-state index in [4.69, 9.17) is 0 Å². The minimum Gasteiger partial charge on any atom is -0.263 e. The van der Waals surface area contributed by atoms with Gasteiger partial charge < -0.3 is 0 Å². The molecule has 0 saturated heterocycles. The van der Waals surface area contributed by atoms with Crippen LogP contribution in [0, 0.1) is 0 Å². The van der Waals surface area contributed by atoms with Crippen molar-refractivity contribution >= 4 is 20.0 Å². The van der Waals surface area contributed by atoms with Crippen LogP contribution in [0.25, 0.3) is 0 Å². The summed E-state index contributed by atoms with van der Waals surface area (Å²) in [6.45, 7) is -0.173. The van der Waals surface area contributed by atoms with Crippen LogP contribution >= 0.6 is 0 Å². The molecule has 0 spiro atoms. The summed E-state index contributed by atoms with van der Waals surface area (Å²) in [5, 5.41) is 0. The van der Waals surface area contributed by atoms with Crippen LogP contribution in [0.4, 0.5) is 0 Å². The first kappa shape index (κ1) is 16.5. The molecule has 2 rings (SSSR count). The SMILES string of the molecule is O=S(=O)(NCCNS(=O)(=O)c1cccnc1)c1cccnc1. The van der Waals surface area contributed by atoms with E-state index in [1.165, 1.54) is 49.1 Å². The van der Waals surface area contributed by atoms with Gasteiger partial charge in [-0.25, -0.2) is 26.3 Å². The molecule has 0 unspecified atom stereocenters. The molecule has 0 radical (unpaired) electrons. The van der Waals surface area contributed by atoms with Gasteiger partial charge in [0, 0.05) is 37.9 Å². The molecule has 118 valence electrons. The Hall–Kier alpha value is -1.88. The van der Waals surface area contributed by atoms with Crippen LogP contribution in [0.5, 0.6) is 0 Å². The number of hydrogen-bond acceptors (Lipinski definition) is 6. The van der Waals surface area contributed by atoms with Crippen molar-refractivity contribution in [2.75, 3.05) is 13.1 Å². The number of nitrogens with zero attached hydrogens (tertiary/aromatic N) is 2. The Morgan fingerprint density at radius 2 is 1.18 bits per heavy atom. The van der Waals surface area contributed by atoms with E-state index in [2.05, 4.69) is 19.4 Å². The van der Waals surface area contributed by atoms with Crippen molar-refractivity contribution in [3.63, 3.8) is 0 Å². The van der Waals surface area contributed by atoms with Crippen LogP contribution in [0.1, 0.15) is 0 Å². The van der Waals surface area contributed by atoms with Gasteiger partial charge in [0.2, 0.25) is 20.0 Å². The van der Waals surface area contributed by atoms with Gasteiger partial charge in [0.05, 0.1) is 0 Å². The predicted octanol–water partition coefficient (Wildman–Crippen LogP) is -0.267. The fraction of sp³-hybridized carbons (Fsp3) is 0.167. The summed E-state index contributed by atoms with van der Waals surface area (Å²) in [4.78, 5) is 7.48. The maximum atomic E-state index is 11.9. The van der Waals surface area contributed by atoms with E-state index in [1.54, 1.807) is 0 Å². The number of pyridine rings is 2. The summed E-state index contributed by atoms with van der Waals surface area (Å²) in [5.41, 5.74) is 0. The van der Waals surface area contributed by atoms with E-state index in [9.17, 15) is 16.8 Å². The monoisotopic (exact) mass is 342 g/mol. The Bertz CT molecular complexity index is 737. The van der Waals surface area contributed by atoms with E-state index >= 15 is 0 Å². The second kappa shape index (κ2) is 6.92. The van der Waals surface area contributed by atoms with E-state index in [0.717, 1.165) is 0 Å². The molecular weight excluding hydrogens is 328 g/mol. The van der Waals surface area contributed by atoms with Crippen molar-refractivity contribution in [2.24, 2.45) is 0 Å². The quantitative estimate of drug-likeness (QED) is 0.669. The van der Waals surface area contributed by atoms with Crippen LogP contribution < -0.4 is 9.44 Å². The zero-order chi connectivity index (χ0) is 16.1. The lowest BCUT2D eigenvalue weighted by atomic mass is 10.5. The van der Waals surface area contributed by atoms with Crippen LogP contribution in [-0.4, -0.2) is 39.9 Å². The number of rotatable bonds is 7. The number of nitrogens with one attached hydrogen (secondary N) is 2. The second-order valence-corrected chi connectivity index (χ2v) is 7.71. The molecule has 2 N–H and O–H groups in total. The zero-order valence-electron chi connectivity index (χ0n) is 11.4. The normalized spacial score (nSPS) is 12.2. The van der Waals surface area contributed by atoms with Crippen molar-refractivity contribution in [2.45, 2.75) is 9.79 Å². The van der Waals surface area contributed by atoms with Gasteiger partial charge in [0.15, 0.2) is 0 Å². The molecule has 0 aliphatic carbocycles. The topological polar surface area (TPSA) is 118 Å². The zero-order valence-corrected chi connectivity index (χ0v) is 13.0. The molecule has 10 heteroatoms. The first-order chi connectivity index (χ1) is 10.4. The minimum absolute atomic E-state index is 0.0186. The fourth-order valence-electron chi connectivity index (χ4n) is 1.55. The van der Waals surface area contributed by atoms with Crippen molar-refractivity contribution < 1.29 is 16.8 Å². The molecule has 2 heterocycles. The van der Waals surface area contributed by atoms with Gasteiger partial charge in [-0.2, -0.15) is 0 Å². The van der Waals surface area contributed by atoms with Crippen molar-refractivity contribution in [3.8, 4) is 0 Å². The predicted molar refractivity (Wildman–Crippen MR) is 78.9 cm³/mol. The number of hydrogen-bond donors (Lipinski definition) is 2. The highest BCUT2D eigenvalue weighted by atomic mass is 32.2. The Balaban J connectivity index is 1.90. The molecule has 2 aromatic rings. The number of aromatic nitrogens is 2. The largest absolute Gasteiger partial charge is 0.263 e. The van der Waals surface area contributed by atoms with E-state index < -0.39 is 20.0 Å². The molecular formula is C12H14N4O4S2. The lowest BCUT2D eigenvalue weighted by Gasteiger charge is -2.08. The maximum Gasteiger partial charge on any atom is 0.242 e. The summed E-state index contributed by atoms with van der Waals surface area (Å²) in [7, 11) is -7.40. The van der Waals surface area contributed by atoms with E-state index in [1.807, 2.05) is 0 Å². The molecule has 0 aliphatic heterocycles. The van der Waals surface area contributed by atoms with Gasteiger partial charge in [-0.05, 0) is 24.3 Å². The highest BCUT2D eigenvalue weighted by Gasteiger charge is 2.15. The van der Waals surface area contributed by atoms with Gasteiger partial charge in [0.25, 0.3) is 0 Å². The molecule has 0 aliphatic rings. The highest BCUT2D eigenvalue weighted by molar-refractivity contribution is 7.89. The summed E-state index contributed by atoms with van der Waals surface area (Å²) in [6.07, 6.45) is 5.34. The molecule has 0 amide bonds. The smallest absolute Gasteiger partial charge is 0.242 e. The van der Waals surface area contributed by atoms with Crippen LogP contribution in [-0.2, 0) is 20.0 Å². The van der Waals surface area contributed by atoms with E-state index in [0.29, 0.717) is 0 Å². The summed E-state index contributed by atoms with van der Waals surface area (Å²) < 4.78 is 52.1. The Labute approximate surface area is 128 Å². The summed E-state index contributed by atoms with van der Waals surface area (Å²) in [5.74, 6) is 0. The number of sulfonamides is 2. The lowest BCUT2D eigenvalue weighted by molar-refractivity contribution is 0.570. The van der Waals surface area contributed by atoms with Crippen molar-refractivity contribution in [3.05, 3.63) is 49.1 Å². The Morgan fingerprint density at radius 1 is 0.773 bits per heavy atom. The molecule has 22 heavy (non-hydrogen) atoms. The third kappa shape index (κ3) is 4.31. The van der Waals surface area contributed by atoms with Gasteiger partial charge in [0.1, 0.15) is 9.79 Å². The fourth-order valence-corrected chi connectivity index (χ4v) is 3.54. The summed E-state index contributed by atoms with van der Waals surface area (Å²) >= 11 is 0. The highest BCUT2D eigenvalue weighted by Crippen LogP contribution is 2.06. The minimum atomic E-state index is -3.70. The maximum absolute atomic E-state index is 11.9. The van der Waals surface area contributed by atoms with Crippen LogP contribution in [0.2, 0.25) is 0 Å². The average Bonchev–Trinajstić information content (AvgIpc) is 2.53. The molecule has 0 aromatic carbocycles. The van der Waals surface area contributed by atoms with Crippen molar-refractivity contribution in [1.29, 1.82) is 0 Å². The van der Waals surface area contributed by atoms with Gasteiger partial charge in [-0.15, -0.1) is 0 Å². The van der Waals surface area contributed by atoms with Gasteiger partial charge in [-0.1, -0.05) is 0 Å². The molecule has 8 nitrogen and oxygen atoms in total. The molecule has 0 atom stereocenters. The van der Waals surface area contributed by atoms with E-state index in [-0.39, 0.29) is 22.9 Å². The van der Waals surface area contributed by atoms with Gasteiger partial charge >= 0.3 is 0 Å². The standard InChI is InChI=1S/C12H14N4O4S2/c17-21(18,11-3-1-5-13-9-11)15-7-8-16-22(19,20)12-4-2-6-14-10-12/h1-6,9-10,15-16H,7-8H2. The van der Waals surface area contributed by atoms with Crippen LogP contribution in [0.3, 0.4) is 0 Å². The molecule has 0 saturated carbocycles. The summed E-state index contributed by atoms with van der Waals surface area (Å²) in [6, 6.07) is 5.80. The first-order valence-corrected chi connectivity index (χ1v) is 9.18. The van der Waals surface area contributed by atoms with Crippen molar-refractivity contribution in [1.82, 2.24) is 19.4 Å². The van der Waals surface area contributed by atoms with Crippen LogP contribution in [0.15, 0.2) is 58.8 Å². The molecule has 2 aromatic heterocycles. The first-order valence-electron chi connectivity index (χ1n) is 6.21. The average molecular weight is 342 g/mol. The third-order valence-corrected chi connectivity index (χ3v) is 5.49. The Morgan fingerprint density at radius 3 is 1.50 bits per heavy atom.